The Morgan fingerprint density at radius 2 is 1.91 bits per heavy atom. The molecule has 5 rings (SSSR count). The van der Waals surface area contributed by atoms with Gasteiger partial charge < -0.3 is 15.2 Å². The largest absolute Gasteiger partial charge is 0.355 e. The first kappa shape index (κ1) is 21.6. The fraction of sp³-hybridized carbons (Fsp3) is 0.375. The number of rotatable bonds is 4. The van der Waals surface area contributed by atoms with Gasteiger partial charge in [-0.2, -0.15) is 8.42 Å². The summed E-state index contributed by atoms with van der Waals surface area (Å²) in [5, 5.41) is 3.19. The van der Waals surface area contributed by atoms with E-state index < -0.39 is 10.0 Å². The number of aromatic nitrogens is 2. The highest BCUT2D eigenvalue weighted by Gasteiger charge is 2.36. The highest BCUT2D eigenvalue weighted by atomic mass is 32.2. The molecule has 0 radical (unpaired) electrons. The molecule has 3 aromatic rings. The van der Waals surface area contributed by atoms with Gasteiger partial charge in [-0.25, -0.2) is 4.98 Å². The lowest BCUT2D eigenvalue weighted by molar-refractivity contribution is -0.127. The molecule has 1 amide bonds. The topological polar surface area (TPSA) is 108 Å². The van der Waals surface area contributed by atoms with Gasteiger partial charge in [0.25, 0.3) is 10.0 Å². The first-order chi connectivity index (χ1) is 15.8. The second-order valence-corrected chi connectivity index (χ2v) is 10.6. The van der Waals surface area contributed by atoms with Crippen LogP contribution in [0.2, 0.25) is 0 Å². The fourth-order valence-corrected chi connectivity index (χ4v) is 5.87. The number of fused-ring (bicyclic) bond motifs is 2. The molecule has 2 aliphatic heterocycles. The van der Waals surface area contributed by atoms with Crippen LogP contribution in [-0.2, 0) is 14.8 Å². The van der Waals surface area contributed by atoms with E-state index in [0.717, 1.165) is 29.7 Å². The van der Waals surface area contributed by atoms with Crippen LogP contribution in [0.4, 0.5) is 0 Å². The Morgan fingerprint density at radius 1 is 1.15 bits per heavy atom. The van der Waals surface area contributed by atoms with Gasteiger partial charge in [0.15, 0.2) is 5.84 Å². The van der Waals surface area contributed by atoms with Crippen molar-refractivity contribution < 1.29 is 13.2 Å². The number of piperidine rings is 1. The van der Waals surface area contributed by atoms with Crippen LogP contribution < -0.4 is 5.32 Å². The number of nitrogens with one attached hydrogen (secondary N) is 2. The van der Waals surface area contributed by atoms with Gasteiger partial charge in [0.2, 0.25) is 5.91 Å². The average Bonchev–Trinajstić information content (AvgIpc) is 3.36. The number of carbonyl (C=O) groups excluding carboxylic acids is 1. The Bertz CT molecular complexity index is 1310. The molecule has 0 aliphatic carbocycles. The smallest absolute Gasteiger partial charge is 0.285 e. The highest BCUT2D eigenvalue weighted by molar-refractivity contribution is 7.90. The van der Waals surface area contributed by atoms with Crippen LogP contribution in [0.3, 0.4) is 0 Å². The molecular weight excluding hydrogens is 438 g/mol. The van der Waals surface area contributed by atoms with Crippen molar-refractivity contribution in [2.24, 2.45) is 16.2 Å². The highest BCUT2D eigenvalue weighted by Crippen LogP contribution is 2.30. The van der Waals surface area contributed by atoms with Crippen molar-refractivity contribution in [3.63, 3.8) is 0 Å². The average molecular weight is 466 g/mol. The normalized spacial score (nSPS) is 20.5. The second-order valence-electron chi connectivity index (χ2n) is 9.04. The number of imidazole rings is 1. The van der Waals surface area contributed by atoms with E-state index in [4.69, 9.17) is 0 Å². The monoisotopic (exact) mass is 465 g/mol. The number of benzene rings is 2. The molecule has 2 aromatic carbocycles. The van der Waals surface area contributed by atoms with Gasteiger partial charge >= 0.3 is 0 Å². The SMILES string of the molecule is CC(C)[C@H](NC(=O)[C@H]1CCCN(C2=NS(=O)(=O)c3ccccc32)C1)c1nc2ccccc2[nH]1. The van der Waals surface area contributed by atoms with Crippen molar-refractivity contribution in [3.8, 4) is 0 Å². The Kier molecular flexibility index (Phi) is 5.44. The molecule has 1 aromatic heterocycles. The molecule has 1 fully saturated rings. The predicted molar refractivity (Wildman–Crippen MR) is 126 cm³/mol. The van der Waals surface area contributed by atoms with Crippen LogP contribution >= 0.6 is 0 Å². The third-order valence-electron chi connectivity index (χ3n) is 6.37. The number of para-hydroxylation sites is 2. The summed E-state index contributed by atoms with van der Waals surface area (Å²) in [5.74, 6) is 1.02. The molecule has 8 nitrogen and oxygen atoms in total. The minimum Gasteiger partial charge on any atom is -0.355 e. The van der Waals surface area contributed by atoms with Crippen LogP contribution in [0.5, 0.6) is 0 Å². The maximum atomic E-state index is 13.3. The molecule has 0 saturated carbocycles. The number of aromatic amines is 1. The first-order valence-corrected chi connectivity index (χ1v) is 12.7. The van der Waals surface area contributed by atoms with Crippen molar-refractivity contribution in [3.05, 3.63) is 59.9 Å². The van der Waals surface area contributed by atoms with Gasteiger partial charge in [-0.1, -0.05) is 38.1 Å². The zero-order valence-electron chi connectivity index (χ0n) is 18.7. The van der Waals surface area contributed by atoms with Crippen LogP contribution in [0.1, 0.15) is 44.1 Å². The van der Waals surface area contributed by atoms with Crippen LogP contribution in [0.15, 0.2) is 57.8 Å². The molecule has 2 N–H and O–H groups in total. The maximum Gasteiger partial charge on any atom is 0.285 e. The summed E-state index contributed by atoms with van der Waals surface area (Å²) in [7, 11) is -3.69. The zero-order chi connectivity index (χ0) is 23.2. The van der Waals surface area contributed by atoms with Crippen molar-refractivity contribution in [1.29, 1.82) is 0 Å². The quantitative estimate of drug-likeness (QED) is 0.615. The van der Waals surface area contributed by atoms with E-state index in [0.29, 0.717) is 24.5 Å². The molecule has 33 heavy (non-hydrogen) atoms. The lowest BCUT2D eigenvalue weighted by Gasteiger charge is -2.34. The van der Waals surface area contributed by atoms with Gasteiger partial charge in [0, 0.05) is 18.7 Å². The molecule has 0 unspecified atom stereocenters. The predicted octanol–water partition coefficient (Wildman–Crippen LogP) is 3.24. The molecular formula is C24H27N5O3S. The molecule has 3 heterocycles. The minimum atomic E-state index is -3.69. The Balaban J connectivity index is 1.35. The van der Waals surface area contributed by atoms with Gasteiger partial charge in [-0.15, -0.1) is 4.40 Å². The molecule has 0 bridgehead atoms. The lowest BCUT2D eigenvalue weighted by atomic mass is 9.95. The van der Waals surface area contributed by atoms with E-state index in [1.807, 2.05) is 35.2 Å². The molecule has 172 valence electrons. The third kappa shape index (κ3) is 4.01. The van der Waals surface area contributed by atoms with Crippen molar-refractivity contribution in [2.75, 3.05) is 13.1 Å². The number of likely N-dealkylation sites (tertiary alicyclic amines) is 1. The summed E-state index contributed by atoms with van der Waals surface area (Å²) < 4.78 is 29.0. The number of carbonyl (C=O) groups is 1. The summed E-state index contributed by atoms with van der Waals surface area (Å²) in [6.07, 6.45) is 1.53. The van der Waals surface area contributed by atoms with Gasteiger partial charge in [-0.3, -0.25) is 4.79 Å². The number of H-pyrrole nitrogens is 1. The minimum absolute atomic E-state index is 0.0476. The zero-order valence-corrected chi connectivity index (χ0v) is 19.5. The maximum absolute atomic E-state index is 13.3. The molecule has 1 saturated heterocycles. The number of hydrogen-bond acceptors (Lipinski definition) is 5. The fourth-order valence-electron chi connectivity index (χ4n) is 4.64. The summed E-state index contributed by atoms with van der Waals surface area (Å²) in [6, 6.07) is 14.4. The van der Waals surface area contributed by atoms with Crippen molar-refractivity contribution >= 4 is 32.8 Å². The van der Waals surface area contributed by atoms with Gasteiger partial charge in [0.1, 0.15) is 10.7 Å². The number of amides is 1. The standard InChI is InChI=1S/C24H27N5O3S/c1-15(2)21(22-25-18-10-4-5-11-19(18)26-22)27-24(30)16-8-7-13-29(14-16)23-17-9-3-6-12-20(17)33(31,32)28-23/h3-6,9-12,15-16,21H,7-8,13-14H2,1-2H3,(H,25,26)(H,27,30)/t16-,21-/m0/s1. The summed E-state index contributed by atoms with van der Waals surface area (Å²) in [4.78, 5) is 23.5. The summed E-state index contributed by atoms with van der Waals surface area (Å²) in [5.41, 5.74) is 2.42. The Labute approximate surface area is 193 Å². The van der Waals surface area contributed by atoms with Crippen molar-refractivity contribution in [2.45, 2.75) is 37.6 Å². The van der Waals surface area contributed by atoms with Crippen LogP contribution in [-0.4, -0.2) is 48.1 Å². The van der Waals surface area contributed by atoms with E-state index in [1.165, 1.54) is 0 Å². The molecule has 2 atom stereocenters. The second kappa shape index (κ2) is 8.30. The Morgan fingerprint density at radius 3 is 2.70 bits per heavy atom. The van der Waals surface area contributed by atoms with Gasteiger partial charge in [0.05, 0.1) is 23.0 Å². The number of hydrogen-bond donors (Lipinski definition) is 2. The van der Waals surface area contributed by atoms with Crippen LogP contribution in [0, 0.1) is 11.8 Å². The van der Waals surface area contributed by atoms with Crippen molar-refractivity contribution in [1.82, 2.24) is 20.2 Å². The summed E-state index contributed by atoms with van der Waals surface area (Å²) in [6.45, 7) is 5.21. The third-order valence-corrected chi connectivity index (χ3v) is 7.70. The van der Waals surface area contributed by atoms with E-state index >= 15 is 0 Å². The molecule has 2 aliphatic rings. The lowest BCUT2D eigenvalue weighted by Crippen LogP contribution is -2.46. The summed E-state index contributed by atoms with van der Waals surface area (Å²) >= 11 is 0. The van der Waals surface area contributed by atoms with E-state index in [-0.39, 0.29) is 28.7 Å². The molecule has 0 spiro atoms. The number of nitrogens with zero attached hydrogens (tertiary/aromatic N) is 3. The number of amidine groups is 1. The molecule has 9 heteroatoms. The van der Waals surface area contributed by atoms with Gasteiger partial charge in [-0.05, 0) is 43.0 Å². The van der Waals surface area contributed by atoms with E-state index in [1.54, 1.807) is 18.2 Å². The van der Waals surface area contributed by atoms with E-state index in [2.05, 4.69) is 33.5 Å². The first-order valence-electron chi connectivity index (χ1n) is 11.3. The van der Waals surface area contributed by atoms with E-state index in [9.17, 15) is 13.2 Å². The number of sulfonamides is 1. The Hall–Kier alpha value is -3.20. The van der Waals surface area contributed by atoms with Crippen LogP contribution in [0.25, 0.3) is 11.0 Å².